The Kier molecular flexibility index (Phi) is 5.96. The molecule has 0 saturated carbocycles. The van der Waals surface area contributed by atoms with Gasteiger partial charge in [-0.3, -0.25) is 9.59 Å². The molecule has 0 radical (unpaired) electrons. The zero-order chi connectivity index (χ0) is 15.1. The van der Waals surface area contributed by atoms with Gasteiger partial charge in [0.05, 0.1) is 0 Å². The van der Waals surface area contributed by atoms with Crippen LogP contribution in [-0.2, 0) is 4.79 Å². The fourth-order valence-electron chi connectivity index (χ4n) is 1.65. The standard InChI is InChI=1S/C14H21N3O3/c1-10(4-5-13(18)19)9-16-14(20)11-6-7-15-12(8-11)17(2)3/h6-8,10H,4-5,9H2,1-3H3,(H,16,20)(H,18,19). The van der Waals surface area contributed by atoms with E-state index in [0.717, 1.165) is 5.82 Å². The number of amides is 1. The van der Waals surface area contributed by atoms with Gasteiger partial charge in [-0.25, -0.2) is 4.98 Å². The number of aliphatic carboxylic acids is 1. The summed E-state index contributed by atoms with van der Waals surface area (Å²) in [4.78, 5) is 28.4. The second kappa shape index (κ2) is 7.47. The van der Waals surface area contributed by atoms with Crippen molar-refractivity contribution < 1.29 is 14.7 Å². The van der Waals surface area contributed by atoms with Crippen molar-refractivity contribution in [3.8, 4) is 0 Å². The minimum absolute atomic E-state index is 0.122. The predicted octanol–water partition coefficient (Wildman–Crippen LogP) is 1.38. The lowest BCUT2D eigenvalue weighted by Crippen LogP contribution is -2.28. The first kappa shape index (κ1) is 15.9. The van der Waals surface area contributed by atoms with E-state index in [1.807, 2.05) is 25.9 Å². The fourth-order valence-corrected chi connectivity index (χ4v) is 1.65. The number of hydrogen-bond acceptors (Lipinski definition) is 4. The monoisotopic (exact) mass is 279 g/mol. The number of rotatable bonds is 7. The molecule has 110 valence electrons. The molecule has 1 rings (SSSR count). The Morgan fingerprint density at radius 1 is 1.45 bits per heavy atom. The first-order valence-corrected chi connectivity index (χ1v) is 6.53. The summed E-state index contributed by atoms with van der Waals surface area (Å²) in [6, 6.07) is 3.38. The summed E-state index contributed by atoms with van der Waals surface area (Å²) in [7, 11) is 3.72. The Labute approximate surface area is 118 Å². The van der Waals surface area contributed by atoms with Gasteiger partial charge in [-0.15, -0.1) is 0 Å². The highest BCUT2D eigenvalue weighted by Crippen LogP contribution is 2.10. The Hall–Kier alpha value is -2.11. The molecule has 1 aromatic heterocycles. The lowest BCUT2D eigenvalue weighted by atomic mass is 10.1. The lowest BCUT2D eigenvalue weighted by molar-refractivity contribution is -0.137. The van der Waals surface area contributed by atoms with Crippen molar-refractivity contribution in [3.63, 3.8) is 0 Å². The van der Waals surface area contributed by atoms with E-state index in [9.17, 15) is 9.59 Å². The normalized spacial score (nSPS) is 11.8. The molecule has 0 bridgehead atoms. The second-order valence-corrected chi connectivity index (χ2v) is 5.04. The predicted molar refractivity (Wildman–Crippen MR) is 76.9 cm³/mol. The summed E-state index contributed by atoms with van der Waals surface area (Å²) in [6.07, 6.45) is 2.27. The molecule has 0 saturated heterocycles. The van der Waals surface area contributed by atoms with E-state index < -0.39 is 5.97 Å². The van der Waals surface area contributed by atoms with E-state index in [1.165, 1.54) is 0 Å². The van der Waals surface area contributed by atoms with E-state index in [1.54, 1.807) is 18.3 Å². The molecule has 1 unspecified atom stereocenters. The first-order valence-electron chi connectivity index (χ1n) is 6.53. The van der Waals surface area contributed by atoms with Crippen LogP contribution in [0.15, 0.2) is 18.3 Å². The zero-order valence-electron chi connectivity index (χ0n) is 12.1. The summed E-state index contributed by atoms with van der Waals surface area (Å²) in [5.41, 5.74) is 0.550. The first-order chi connectivity index (χ1) is 9.40. The van der Waals surface area contributed by atoms with Crippen LogP contribution in [0.25, 0.3) is 0 Å². The molecule has 0 aliphatic carbocycles. The van der Waals surface area contributed by atoms with Crippen molar-refractivity contribution >= 4 is 17.7 Å². The fraction of sp³-hybridized carbons (Fsp3) is 0.500. The molecule has 6 nitrogen and oxygen atoms in total. The summed E-state index contributed by atoms with van der Waals surface area (Å²) in [5.74, 6) is -0.132. The molecule has 0 aliphatic rings. The molecule has 1 heterocycles. The van der Waals surface area contributed by atoms with Crippen molar-refractivity contribution in [1.82, 2.24) is 10.3 Å². The number of pyridine rings is 1. The smallest absolute Gasteiger partial charge is 0.303 e. The van der Waals surface area contributed by atoms with E-state index in [4.69, 9.17) is 5.11 Å². The summed E-state index contributed by atoms with van der Waals surface area (Å²) >= 11 is 0. The van der Waals surface area contributed by atoms with Crippen LogP contribution in [0.1, 0.15) is 30.1 Å². The lowest BCUT2D eigenvalue weighted by Gasteiger charge is -2.14. The van der Waals surface area contributed by atoms with Crippen molar-refractivity contribution in [2.45, 2.75) is 19.8 Å². The number of anilines is 1. The summed E-state index contributed by atoms with van der Waals surface area (Å²) in [6.45, 7) is 2.38. The van der Waals surface area contributed by atoms with Crippen molar-refractivity contribution in [1.29, 1.82) is 0 Å². The van der Waals surface area contributed by atoms with Gasteiger partial charge in [0.2, 0.25) is 0 Å². The minimum Gasteiger partial charge on any atom is -0.481 e. The molecule has 0 aromatic carbocycles. The SMILES string of the molecule is CC(CCC(=O)O)CNC(=O)c1ccnc(N(C)C)c1. The van der Waals surface area contributed by atoms with Gasteiger partial charge >= 0.3 is 5.97 Å². The molecule has 20 heavy (non-hydrogen) atoms. The molecule has 1 amide bonds. The highest BCUT2D eigenvalue weighted by molar-refractivity contribution is 5.94. The highest BCUT2D eigenvalue weighted by Gasteiger charge is 2.10. The van der Waals surface area contributed by atoms with Gasteiger partial charge < -0.3 is 15.3 Å². The Morgan fingerprint density at radius 2 is 2.15 bits per heavy atom. The highest BCUT2D eigenvalue weighted by atomic mass is 16.4. The molecule has 2 N–H and O–H groups in total. The van der Waals surface area contributed by atoms with Gasteiger partial charge in [0, 0.05) is 38.8 Å². The maximum Gasteiger partial charge on any atom is 0.303 e. The van der Waals surface area contributed by atoms with Crippen LogP contribution in [0.4, 0.5) is 5.82 Å². The maximum absolute atomic E-state index is 12.0. The van der Waals surface area contributed by atoms with E-state index in [2.05, 4.69) is 10.3 Å². The summed E-state index contributed by atoms with van der Waals surface area (Å²) in [5, 5.41) is 11.4. The Bertz CT molecular complexity index is 474. The average molecular weight is 279 g/mol. The Morgan fingerprint density at radius 3 is 2.75 bits per heavy atom. The third kappa shape index (κ3) is 5.26. The third-order valence-electron chi connectivity index (χ3n) is 2.93. The van der Waals surface area contributed by atoms with Gasteiger partial charge in [-0.05, 0) is 24.5 Å². The summed E-state index contributed by atoms with van der Waals surface area (Å²) < 4.78 is 0. The number of nitrogens with one attached hydrogen (secondary N) is 1. The second-order valence-electron chi connectivity index (χ2n) is 5.04. The number of carbonyl (C=O) groups is 2. The van der Waals surface area contributed by atoms with Crippen LogP contribution in [0, 0.1) is 5.92 Å². The largest absolute Gasteiger partial charge is 0.481 e. The van der Waals surface area contributed by atoms with Gasteiger partial charge in [0.15, 0.2) is 0 Å². The van der Waals surface area contributed by atoms with Gasteiger partial charge in [-0.1, -0.05) is 6.92 Å². The van der Waals surface area contributed by atoms with Crippen molar-refractivity contribution in [2.75, 3.05) is 25.5 Å². The van der Waals surface area contributed by atoms with Crippen LogP contribution >= 0.6 is 0 Å². The molecule has 0 aliphatic heterocycles. The van der Waals surface area contributed by atoms with Crippen LogP contribution < -0.4 is 10.2 Å². The van der Waals surface area contributed by atoms with Crippen LogP contribution in [0.2, 0.25) is 0 Å². The number of aromatic nitrogens is 1. The van der Waals surface area contributed by atoms with E-state index in [-0.39, 0.29) is 18.2 Å². The van der Waals surface area contributed by atoms with Crippen LogP contribution in [0.5, 0.6) is 0 Å². The molecule has 1 aromatic rings. The number of carboxylic acids is 1. The number of nitrogens with zero attached hydrogens (tertiary/aromatic N) is 2. The van der Waals surface area contributed by atoms with Crippen molar-refractivity contribution in [2.24, 2.45) is 5.92 Å². The molecule has 0 spiro atoms. The maximum atomic E-state index is 12.0. The number of carboxylic acid groups (broad SMARTS) is 1. The van der Waals surface area contributed by atoms with Gasteiger partial charge in [0.25, 0.3) is 5.91 Å². The zero-order valence-corrected chi connectivity index (χ0v) is 12.1. The van der Waals surface area contributed by atoms with Gasteiger partial charge in [0.1, 0.15) is 5.82 Å². The minimum atomic E-state index is -0.812. The number of carbonyl (C=O) groups excluding carboxylic acids is 1. The molecule has 1 atom stereocenters. The average Bonchev–Trinajstić information content (AvgIpc) is 2.42. The quantitative estimate of drug-likeness (QED) is 0.788. The number of hydrogen-bond donors (Lipinski definition) is 2. The van der Waals surface area contributed by atoms with E-state index >= 15 is 0 Å². The van der Waals surface area contributed by atoms with Crippen LogP contribution in [-0.4, -0.2) is 42.6 Å². The van der Waals surface area contributed by atoms with E-state index in [0.29, 0.717) is 18.5 Å². The topological polar surface area (TPSA) is 82.5 Å². The molecular formula is C14H21N3O3. The Balaban J connectivity index is 2.50. The van der Waals surface area contributed by atoms with Gasteiger partial charge in [-0.2, -0.15) is 0 Å². The molecular weight excluding hydrogens is 258 g/mol. The molecule has 0 fully saturated rings. The third-order valence-corrected chi connectivity index (χ3v) is 2.93. The molecule has 6 heteroatoms. The van der Waals surface area contributed by atoms with Crippen molar-refractivity contribution in [3.05, 3.63) is 23.9 Å². The van der Waals surface area contributed by atoms with Crippen LogP contribution in [0.3, 0.4) is 0 Å².